The van der Waals surface area contributed by atoms with Crippen LogP contribution in [0.4, 0.5) is 5.82 Å². The average Bonchev–Trinajstić information content (AvgIpc) is 2.74. The molecule has 0 aliphatic heterocycles. The Kier molecular flexibility index (Phi) is 4.11. The van der Waals surface area contributed by atoms with Crippen LogP contribution in [0.2, 0.25) is 0 Å². The van der Waals surface area contributed by atoms with E-state index >= 15 is 0 Å². The van der Waals surface area contributed by atoms with Crippen LogP contribution in [-0.4, -0.2) is 27.1 Å². The number of hydrogen-bond acceptors (Lipinski definition) is 5. The van der Waals surface area contributed by atoms with Gasteiger partial charge in [-0.2, -0.15) is 0 Å². The summed E-state index contributed by atoms with van der Waals surface area (Å²) in [5, 5.41) is 12.0. The summed E-state index contributed by atoms with van der Waals surface area (Å²) in [5.41, 5.74) is -0.0517. The Morgan fingerprint density at radius 3 is 2.89 bits per heavy atom. The van der Waals surface area contributed by atoms with Gasteiger partial charge in [-0.3, -0.25) is 4.98 Å². The molecule has 2 heterocycles. The lowest BCUT2D eigenvalue weighted by Gasteiger charge is -2.13. The molecule has 6 heteroatoms. The van der Waals surface area contributed by atoms with Crippen molar-refractivity contribution in [3.05, 3.63) is 40.0 Å². The molecule has 5 nitrogen and oxygen atoms in total. The van der Waals surface area contributed by atoms with Crippen molar-refractivity contribution in [3.63, 3.8) is 0 Å². The van der Waals surface area contributed by atoms with Gasteiger partial charge in [0.15, 0.2) is 5.69 Å². The van der Waals surface area contributed by atoms with Gasteiger partial charge in [0.1, 0.15) is 5.82 Å². The minimum absolute atomic E-state index is 0.0517. The molecule has 0 bridgehead atoms. The second kappa shape index (κ2) is 5.79. The lowest BCUT2D eigenvalue weighted by Crippen LogP contribution is -2.19. The minimum Gasteiger partial charge on any atom is -0.476 e. The van der Waals surface area contributed by atoms with Crippen molar-refractivity contribution in [1.29, 1.82) is 0 Å². The zero-order chi connectivity index (χ0) is 13.8. The fourth-order valence-electron chi connectivity index (χ4n) is 1.74. The van der Waals surface area contributed by atoms with Crippen molar-refractivity contribution in [2.24, 2.45) is 0 Å². The first-order chi connectivity index (χ1) is 9.04. The highest BCUT2D eigenvalue weighted by Gasteiger charge is 2.09. The highest BCUT2D eigenvalue weighted by atomic mass is 32.1. The number of carbonyl (C=O) groups is 1. The van der Waals surface area contributed by atoms with Gasteiger partial charge in [0.2, 0.25) is 0 Å². The molecule has 0 aliphatic rings. The number of nitrogens with one attached hydrogen (secondary N) is 1. The fraction of sp³-hybridized carbons (Fsp3) is 0.308. The highest BCUT2D eigenvalue weighted by Crippen LogP contribution is 2.17. The van der Waals surface area contributed by atoms with E-state index in [4.69, 9.17) is 5.11 Å². The number of aromatic nitrogens is 2. The molecule has 2 aromatic heterocycles. The summed E-state index contributed by atoms with van der Waals surface area (Å²) in [6.45, 7) is 4.11. The van der Waals surface area contributed by atoms with Crippen LogP contribution in [0, 0.1) is 6.92 Å². The van der Waals surface area contributed by atoms with Gasteiger partial charge in [0.05, 0.1) is 12.4 Å². The first kappa shape index (κ1) is 13.5. The molecule has 0 aliphatic carbocycles. The third kappa shape index (κ3) is 3.75. The summed E-state index contributed by atoms with van der Waals surface area (Å²) < 4.78 is 0. The second-order valence-corrected chi connectivity index (χ2v) is 5.73. The lowest BCUT2D eigenvalue weighted by molar-refractivity contribution is 0.0690. The molecule has 0 saturated heterocycles. The van der Waals surface area contributed by atoms with Crippen LogP contribution >= 0.6 is 11.3 Å². The van der Waals surface area contributed by atoms with Gasteiger partial charge in [0.25, 0.3) is 0 Å². The summed E-state index contributed by atoms with van der Waals surface area (Å²) in [4.78, 5) is 21.2. The Morgan fingerprint density at radius 2 is 2.26 bits per heavy atom. The summed E-state index contributed by atoms with van der Waals surface area (Å²) in [6.07, 6.45) is 3.64. The maximum Gasteiger partial charge on any atom is 0.356 e. The first-order valence-corrected chi connectivity index (χ1v) is 6.73. The predicted molar refractivity (Wildman–Crippen MR) is 74.8 cm³/mol. The number of thiophene rings is 1. The van der Waals surface area contributed by atoms with Crippen LogP contribution < -0.4 is 5.32 Å². The molecule has 0 saturated carbocycles. The minimum atomic E-state index is -1.07. The van der Waals surface area contributed by atoms with Crippen LogP contribution in [0.1, 0.15) is 27.2 Å². The van der Waals surface area contributed by atoms with Gasteiger partial charge in [-0.15, -0.1) is 11.3 Å². The zero-order valence-electron chi connectivity index (χ0n) is 10.8. The number of aryl methyl sites for hydroxylation is 1. The molecule has 19 heavy (non-hydrogen) atoms. The smallest absolute Gasteiger partial charge is 0.356 e. The van der Waals surface area contributed by atoms with Gasteiger partial charge in [-0.05, 0) is 26.0 Å². The van der Waals surface area contributed by atoms with Crippen molar-refractivity contribution < 1.29 is 9.90 Å². The number of hydrogen-bond donors (Lipinski definition) is 2. The molecule has 2 aromatic rings. The van der Waals surface area contributed by atoms with Crippen LogP contribution in [0.15, 0.2) is 24.5 Å². The highest BCUT2D eigenvalue weighted by molar-refractivity contribution is 7.11. The van der Waals surface area contributed by atoms with E-state index in [2.05, 4.69) is 34.3 Å². The number of nitrogens with zero attached hydrogens (tertiary/aromatic N) is 2. The van der Waals surface area contributed by atoms with Gasteiger partial charge in [-0.1, -0.05) is 0 Å². The zero-order valence-corrected chi connectivity index (χ0v) is 11.6. The third-order valence-electron chi connectivity index (χ3n) is 2.55. The van der Waals surface area contributed by atoms with Crippen LogP contribution in [0.3, 0.4) is 0 Å². The Balaban J connectivity index is 2.00. The Bertz CT molecular complexity index is 583. The molecule has 2 rings (SSSR count). The van der Waals surface area contributed by atoms with Gasteiger partial charge < -0.3 is 10.4 Å². The standard InChI is InChI=1S/C13H15N3O2S/c1-8(5-10-4-3-9(2)19-10)15-12-7-14-6-11(16-12)13(17)18/h3-4,6-8H,5H2,1-2H3,(H,15,16)(H,17,18). The molecule has 0 aromatic carbocycles. The topological polar surface area (TPSA) is 75.1 Å². The van der Waals surface area contributed by atoms with E-state index in [1.165, 1.54) is 22.1 Å². The monoisotopic (exact) mass is 277 g/mol. The van der Waals surface area contributed by atoms with Crippen LogP contribution in [0.25, 0.3) is 0 Å². The molecule has 2 N–H and O–H groups in total. The Morgan fingerprint density at radius 1 is 1.47 bits per heavy atom. The Hall–Kier alpha value is -1.95. The van der Waals surface area contributed by atoms with Crippen molar-refractivity contribution in [3.8, 4) is 0 Å². The van der Waals surface area contributed by atoms with E-state index < -0.39 is 5.97 Å². The van der Waals surface area contributed by atoms with E-state index in [0.717, 1.165) is 6.42 Å². The number of aromatic carboxylic acids is 1. The quantitative estimate of drug-likeness (QED) is 0.878. The SMILES string of the molecule is Cc1ccc(CC(C)Nc2cncc(C(=O)O)n2)s1. The largest absolute Gasteiger partial charge is 0.476 e. The average molecular weight is 277 g/mol. The van der Waals surface area contributed by atoms with Crippen molar-refractivity contribution in [1.82, 2.24) is 9.97 Å². The van der Waals surface area contributed by atoms with Gasteiger partial charge in [-0.25, -0.2) is 9.78 Å². The molecule has 1 atom stereocenters. The summed E-state index contributed by atoms with van der Waals surface area (Å²) in [5.74, 6) is -0.585. The molecule has 0 fully saturated rings. The van der Waals surface area contributed by atoms with Crippen LogP contribution in [0.5, 0.6) is 0 Å². The second-order valence-electron chi connectivity index (χ2n) is 4.36. The first-order valence-electron chi connectivity index (χ1n) is 5.92. The van der Waals surface area contributed by atoms with E-state index in [9.17, 15) is 4.79 Å². The Labute approximate surface area is 115 Å². The van der Waals surface area contributed by atoms with Crippen molar-refractivity contribution >= 4 is 23.1 Å². The van der Waals surface area contributed by atoms with E-state index in [1.807, 2.05) is 6.92 Å². The lowest BCUT2D eigenvalue weighted by atomic mass is 10.2. The molecule has 1 unspecified atom stereocenters. The van der Waals surface area contributed by atoms with Crippen LogP contribution in [-0.2, 0) is 6.42 Å². The molecule has 0 radical (unpaired) electrons. The molecule has 0 amide bonds. The van der Waals surface area contributed by atoms with Gasteiger partial charge in [0, 0.05) is 22.2 Å². The number of carboxylic acids is 1. The van der Waals surface area contributed by atoms with E-state index in [-0.39, 0.29) is 11.7 Å². The maximum absolute atomic E-state index is 10.8. The predicted octanol–water partition coefficient (Wildman–Crippen LogP) is 2.59. The number of anilines is 1. The van der Waals surface area contributed by atoms with E-state index in [1.54, 1.807) is 11.3 Å². The number of rotatable bonds is 5. The summed E-state index contributed by atoms with van der Waals surface area (Å²) in [6, 6.07) is 4.37. The van der Waals surface area contributed by atoms with E-state index in [0.29, 0.717) is 5.82 Å². The maximum atomic E-state index is 10.8. The van der Waals surface area contributed by atoms with Gasteiger partial charge >= 0.3 is 5.97 Å². The molecule has 100 valence electrons. The summed E-state index contributed by atoms with van der Waals surface area (Å²) >= 11 is 1.76. The van der Waals surface area contributed by atoms with Crippen molar-refractivity contribution in [2.75, 3.05) is 5.32 Å². The third-order valence-corrected chi connectivity index (χ3v) is 3.57. The normalized spacial score (nSPS) is 12.1. The molecule has 0 spiro atoms. The summed E-state index contributed by atoms with van der Waals surface area (Å²) in [7, 11) is 0. The fourth-order valence-corrected chi connectivity index (χ4v) is 2.76. The molecular weight excluding hydrogens is 262 g/mol. The molecular formula is C13H15N3O2S. The van der Waals surface area contributed by atoms with Crippen molar-refractivity contribution in [2.45, 2.75) is 26.3 Å². The number of carboxylic acid groups (broad SMARTS) is 1.